The lowest BCUT2D eigenvalue weighted by atomic mass is 10.0. The van der Waals surface area contributed by atoms with E-state index in [0.717, 1.165) is 18.5 Å². The number of ether oxygens (including phenoxy) is 1. The van der Waals surface area contributed by atoms with Crippen molar-refractivity contribution in [3.8, 4) is 0 Å². The third kappa shape index (κ3) is 6.24. The van der Waals surface area contributed by atoms with E-state index in [0.29, 0.717) is 17.0 Å². The van der Waals surface area contributed by atoms with Crippen molar-refractivity contribution in [1.29, 1.82) is 0 Å². The van der Waals surface area contributed by atoms with E-state index in [9.17, 15) is 13.2 Å². The van der Waals surface area contributed by atoms with Crippen molar-refractivity contribution >= 4 is 11.6 Å². The van der Waals surface area contributed by atoms with Crippen LogP contribution in [0.25, 0.3) is 0 Å². The number of benzene rings is 1. The van der Waals surface area contributed by atoms with Crippen LogP contribution in [0.15, 0.2) is 12.1 Å². The van der Waals surface area contributed by atoms with Crippen LogP contribution in [0.4, 0.5) is 13.2 Å². The molecule has 1 aromatic carbocycles. The molecular formula is C15H21ClF3NO. The van der Waals surface area contributed by atoms with Crippen LogP contribution in [0.3, 0.4) is 0 Å². The predicted octanol–water partition coefficient (Wildman–Crippen LogP) is 4.50. The lowest BCUT2D eigenvalue weighted by Gasteiger charge is -2.21. The van der Waals surface area contributed by atoms with Crippen LogP contribution in [0.2, 0.25) is 5.02 Å². The van der Waals surface area contributed by atoms with Gasteiger partial charge >= 0.3 is 0 Å². The van der Waals surface area contributed by atoms with E-state index in [2.05, 4.69) is 5.32 Å². The minimum Gasteiger partial charge on any atom is -0.375 e. The van der Waals surface area contributed by atoms with Gasteiger partial charge < -0.3 is 10.1 Å². The highest BCUT2D eigenvalue weighted by molar-refractivity contribution is 6.31. The fourth-order valence-corrected chi connectivity index (χ4v) is 2.29. The standard InChI is InChI=1S/C15H21ClF3NO/c1-3-5-20-14(4-6-21-9-15(18)19)11-7-10(2)13(17)8-12(11)16/h7-8,14-15,20H,3-6,9H2,1-2H3. The summed E-state index contributed by atoms with van der Waals surface area (Å²) in [6, 6.07) is 2.83. The molecule has 1 aromatic rings. The van der Waals surface area contributed by atoms with Gasteiger partial charge in [-0.1, -0.05) is 24.6 Å². The summed E-state index contributed by atoms with van der Waals surface area (Å²) < 4.78 is 42.5. The first-order valence-corrected chi connectivity index (χ1v) is 7.38. The summed E-state index contributed by atoms with van der Waals surface area (Å²) in [5, 5.41) is 3.62. The Morgan fingerprint density at radius 3 is 2.67 bits per heavy atom. The maximum Gasteiger partial charge on any atom is 0.261 e. The topological polar surface area (TPSA) is 21.3 Å². The van der Waals surface area contributed by atoms with E-state index in [4.69, 9.17) is 16.3 Å². The summed E-state index contributed by atoms with van der Waals surface area (Å²) >= 11 is 6.10. The molecule has 0 radical (unpaired) electrons. The van der Waals surface area contributed by atoms with E-state index >= 15 is 0 Å². The average molecular weight is 324 g/mol. The average Bonchev–Trinajstić information content (AvgIpc) is 2.42. The summed E-state index contributed by atoms with van der Waals surface area (Å²) in [7, 11) is 0. The molecule has 0 aromatic heterocycles. The van der Waals surface area contributed by atoms with Crippen LogP contribution >= 0.6 is 11.6 Å². The highest BCUT2D eigenvalue weighted by atomic mass is 35.5. The summed E-state index contributed by atoms with van der Waals surface area (Å²) in [5.74, 6) is -0.355. The molecule has 1 atom stereocenters. The van der Waals surface area contributed by atoms with E-state index in [-0.39, 0.29) is 18.5 Å². The molecular weight excluding hydrogens is 303 g/mol. The van der Waals surface area contributed by atoms with Crippen LogP contribution in [0, 0.1) is 12.7 Å². The van der Waals surface area contributed by atoms with E-state index in [1.54, 1.807) is 13.0 Å². The van der Waals surface area contributed by atoms with Crippen molar-refractivity contribution in [1.82, 2.24) is 5.32 Å². The Kier molecular flexibility index (Phi) is 8.07. The fraction of sp³-hybridized carbons (Fsp3) is 0.600. The molecule has 0 aliphatic heterocycles. The van der Waals surface area contributed by atoms with Crippen molar-refractivity contribution in [2.75, 3.05) is 19.8 Å². The van der Waals surface area contributed by atoms with Gasteiger partial charge in [-0.05, 0) is 43.5 Å². The second-order valence-corrected chi connectivity index (χ2v) is 5.29. The molecule has 2 nitrogen and oxygen atoms in total. The molecule has 0 aliphatic rings. The number of hydrogen-bond acceptors (Lipinski definition) is 2. The molecule has 0 bridgehead atoms. The molecule has 6 heteroatoms. The Morgan fingerprint density at radius 2 is 2.05 bits per heavy atom. The third-order valence-corrected chi connectivity index (χ3v) is 3.42. The van der Waals surface area contributed by atoms with Crippen LogP contribution in [0.5, 0.6) is 0 Å². The summed E-state index contributed by atoms with van der Waals surface area (Å²) in [5.41, 5.74) is 1.27. The number of nitrogens with one attached hydrogen (secondary N) is 1. The zero-order valence-corrected chi connectivity index (χ0v) is 13.0. The number of hydrogen-bond donors (Lipinski definition) is 1. The Bertz CT molecular complexity index is 443. The molecule has 0 saturated heterocycles. The predicted molar refractivity (Wildman–Crippen MR) is 78.6 cm³/mol. The van der Waals surface area contributed by atoms with Gasteiger partial charge in [0, 0.05) is 17.7 Å². The van der Waals surface area contributed by atoms with Crippen LogP contribution in [0.1, 0.15) is 36.9 Å². The van der Waals surface area contributed by atoms with Crippen molar-refractivity contribution in [3.63, 3.8) is 0 Å². The first-order valence-electron chi connectivity index (χ1n) is 7.00. The van der Waals surface area contributed by atoms with Crippen molar-refractivity contribution in [3.05, 3.63) is 34.1 Å². The SMILES string of the molecule is CCCNC(CCOCC(F)F)c1cc(C)c(F)cc1Cl. The summed E-state index contributed by atoms with van der Waals surface area (Å²) in [4.78, 5) is 0. The Balaban J connectivity index is 2.74. The Labute approximate surface area is 128 Å². The third-order valence-electron chi connectivity index (χ3n) is 3.09. The minimum absolute atomic E-state index is 0.144. The lowest BCUT2D eigenvalue weighted by Crippen LogP contribution is -2.24. The molecule has 1 unspecified atom stereocenters. The van der Waals surface area contributed by atoms with E-state index in [1.165, 1.54) is 6.07 Å². The normalized spacial score (nSPS) is 12.9. The summed E-state index contributed by atoms with van der Waals surface area (Å²) in [6.07, 6.45) is -1.05. The lowest BCUT2D eigenvalue weighted by molar-refractivity contribution is 0.0143. The molecule has 120 valence electrons. The van der Waals surface area contributed by atoms with Crippen molar-refractivity contribution < 1.29 is 17.9 Å². The first kappa shape index (κ1) is 18.3. The number of aryl methyl sites for hydroxylation is 1. The highest BCUT2D eigenvalue weighted by Crippen LogP contribution is 2.28. The van der Waals surface area contributed by atoms with Gasteiger partial charge in [-0.2, -0.15) is 0 Å². The maximum absolute atomic E-state index is 13.5. The molecule has 0 heterocycles. The van der Waals surface area contributed by atoms with E-state index in [1.807, 2.05) is 6.92 Å². The van der Waals surface area contributed by atoms with Gasteiger partial charge in [-0.25, -0.2) is 13.2 Å². The molecule has 0 saturated carbocycles. The first-order chi connectivity index (χ1) is 9.95. The largest absolute Gasteiger partial charge is 0.375 e. The van der Waals surface area contributed by atoms with Crippen LogP contribution < -0.4 is 5.32 Å². The zero-order valence-electron chi connectivity index (χ0n) is 12.3. The van der Waals surface area contributed by atoms with Gasteiger partial charge in [0.25, 0.3) is 6.43 Å². The van der Waals surface area contributed by atoms with Crippen molar-refractivity contribution in [2.24, 2.45) is 0 Å². The van der Waals surface area contributed by atoms with Crippen molar-refractivity contribution in [2.45, 2.75) is 39.2 Å². The molecule has 21 heavy (non-hydrogen) atoms. The smallest absolute Gasteiger partial charge is 0.261 e. The van der Waals surface area contributed by atoms with Gasteiger partial charge in [0.1, 0.15) is 12.4 Å². The van der Waals surface area contributed by atoms with Gasteiger partial charge in [0.15, 0.2) is 0 Å². The quantitative estimate of drug-likeness (QED) is 0.676. The van der Waals surface area contributed by atoms with Gasteiger partial charge in [0.05, 0.1) is 0 Å². The Hall–Kier alpha value is -0.780. The van der Waals surface area contributed by atoms with Gasteiger partial charge in [-0.3, -0.25) is 0 Å². The molecule has 0 fully saturated rings. The second kappa shape index (κ2) is 9.28. The second-order valence-electron chi connectivity index (χ2n) is 4.88. The monoisotopic (exact) mass is 323 g/mol. The highest BCUT2D eigenvalue weighted by Gasteiger charge is 2.16. The number of halogens is 4. The number of rotatable bonds is 9. The van der Waals surface area contributed by atoms with Gasteiger partial charge in [0.2, 0.25) is 0 Å². The molecule has 0 spiro atoms. The number of alkyl halides is 2. The Morgan fingerprint density at radius 1 is 1.33 bits per heavy atom. The van der Waals surface area contributed by atoms with Crippen LogP contribution in [-0.4, -0.2) is 26.2 Å². The van der Waals surface area contributed by atoms with Crippen LogP contribution in [-0.2, 0) is 4.74 Å². The molecule has 0 amide bonds. The maximum atomic E-state index is 13.5. The summed E-state index contributed by atoms with van der Waals surface area (Å²) in [6.45, 7) is 4.07. The molecule has 1 rings (SSSR count). The minimum atomic E-state index is -2.47. The molecule has 0 aliphatic carbocycles. The van der Waals surface area contributed by atoms with E-state index < -0.39 is 13.0 Å². The fourth-order valence-electron chi connectivity index (χ4n) is 2.01. The van der Waals surface area contributed by atoms with Gasteiger partial charge in [-0.15, -0.1) is 0 Å². The zero-order chi connectivity index (χ0) is 15.8. The molecule has 1 N–H and O–H groups in total.